The maximum absolute atomic E-state index is 12.2. The molecule has 1 fully saturated rings. The quantitative estimate of drug-likeness (QED) is 0.777. The molecular formula is C15H28N2O3. The van der Waals surface area contributed by atoms with Crippen molar-refractivity contribution >= 4 is 11.8 Å². The van der Waals surface area contributed by atoms with Gasteiger partial charge in [0.2, 0.25) is 11.8 Å². The Balaban J connectivity index is 2.31. The van der Waals surface area contributed by atoms with E-state index in [1.807, 2.05) is 25.7 Å². The molecule has 0 spiro atoms. The molecule has 0 aliphatic carbocycles. The largest absolute Gasteiger partial charge is 0.385 e. The van der Waals surface area contributed by atoms with Crippen molar-refractivity contribution in [3.05, 3.63) is 0 Å². The number of ether oxygens (including phenoxy) is 1. The van der Waals surface area contributed by atoms with E-state index in [0.29, 0.717) is 26.2 Å². The van der Waals surface area contributed by atoms with Crippen LogP contribution >= 0.6 is 0 Å². The lowest BCUT2D eigenvalue weighted by Gasteiger charge is -2.35. The maximum atomic E-state index is 12.2. The van der Waals surface area contributed by atoms with Crippen molar-refractivity contribution in [1.29, 1.82) is 0 Å². The molecule has 5 nitrogen and oxygen atoms in total. The van der Waals surface area contributed by atoms with Crippen LogP contribution < -0.4 is 5.32 Å². The summed E-state index contributed by atoms with van der Waals surface area (Å²) in [6.07, 6.45) is 2.36. The molecule has 0 aromatic heterocycles. The molecule has 0 bridgehead atoms. The Morgan fingerprint density at radius 1 is 1.25 bits per heavy atom. The number of hydrogen-bond donors (Lipinski definition) is 1. The molecule has 0 aromatic carbocycles. The lowest BCUT2D eigenvalue weighted by molar-refractivity contribution is -0.142. The minimum atomic E-state index is -0.338. The first-order chi connectivity index (χ1) is 9.36. The molecule has 0 saturated carbocycles. The molecule has 20 heavy (non-hydrogen) atoms. The normalized spacial score (nSPS) is 17.1. The number of methoxy groups -OCH3 is 1. The standard InChI is InChI=1S/C15H28N2O3/c1-15(2,3)14(19)17-9-6-12(7-10-17)13(18)16-8-5-11-20-4/h12H,5-11H2,1-4H3,(H,16,18). The van der Waals surface area contributed by atoms with Gasteiger partial charge in [-0.1, -0.05) is 20.8 Å². The monoisotopic (exact) mass is 284 g/mol. The van der Waals surface area contributed by atoms with Gasteiger partial charge < -0.3 is 15.0 Å². The summed E-state index contributed by atoms with van der Waals surface area (Å²) in [5.41, 5.74) is -0.338. The van der Waals surface area contributed by atoms with Gasteiger partial charge in [-0.25, -0.2) is 0 Å². The van der Waals surface area contributed by atoms with Crippen molar-refractivity contribution in [2.24, 2.45) is 11.3 Å². The predicted octanol–water partition coefficient (Wildman–Crippen LogP) is 1.42. The SMILES string of the molecule is COCCCNC(=O)C1CCN(C(=O)C(C)(C)C)CC1. The molecule has 1 heterocycles. The average molecular weight is 284 g/mol. The fraction of sp³-hybridized carbons (Fsp3) is 0.867. The second-order valence-corrected chi connectivity index (χ2v) is 6.45. The van der Waals surface area contributed by atoms with Gasteiger partial charge in [0.05, 0.1) is 0 Å². The minimum absolute atomic E-state index is 0.0431. The zero-order chi connectivity index (χ0) is 15.2. The Morgan fingerprint density at radius 3 is 2.35 bits per heavy atom. The summed E-state index contributed by atoms with van der Waals surface area (Å²) in [5.74, 6) is 0.335. The van der Waals surface area contributed by atoms with Gasteiger partial charge in [0, 0.05) is 44.7 Å². The third kappa shape index (κ3) is 5.12. The number of piperidine rings is 1. The molecule has 0 aromatic rings. The van der Waals surface area contributed by atoms with Gasteiger partial charge in [-0.3, -0.25) is 9.59 Å². The second-order valence-electron chi connectivity index (χ2n) is 6.45. The predicted molar refractivity (Wildman–Crippen MR) is 78.3 cm³/mol. The van der Waals surface area contributed by atoms with E-state index in [0.717, 1.165) is 19.3 Å². The summed E-state index contributed by atoms with van der Waals surface area (Å²) < 4.78 is 4.95. The summed E-state index contributed by atoms with van der Waals surface area (Å²) >= 11 is 0. The van der Waals surface area contributed by atoms with Gasteiger partial charge >= 0.3 is 0 Å². The van der Waals surface area contributed by atoms with Crippen molar-refractivity contribution < 1.29 is 14.3 Å². The third-order valence-corrected chi connectivity index (χ3v) is 3.62. The lowest BCUT2D eigenvalue weighted by atomic mass is 9.90. The summed E-state index contributed by atoms with van der Waals surface area (Å²) in [6.45, 7) is 8.50. The summed E-state index contributed by atoms with van der Waals surface area (Å²) in [4.78, 5) is 26.0. The zero-order valence-electron chi connectivity index (χ0n) is 13.2. The van der Waals surface area contributed by atoms with Gasteiger partial charge in [-0.05, 0) is 19.3 Å². The van der Waals surface area contributed by atoms with Crippen LogP contribution in [0.4, 0.5) is 0 Å². The number of hydrogen-bond acceptors (Lipinski definition) is 3. The van der Waals surface area contributed by atoms with Crippen LogP contribution in [0, 0.1) is 11.3 Å². The van der Waals surface area contributed by atoms with E-state index < -0.39 is 0 Å². The number of carbonyl (C=O) groups is 2. The highest BCUT2D eigenvalue weighted by molar-refractivity contribution is 5.82. The van der Waals surface area contributed by atoms with Gasteiger partial charge in [-0.2, -0.15) is 0 Å². The maximum Gasteiger partial charge on any atom is 0.227 e. The fourth-order valence-electron chi connectivity index (χ4n) is 2.39. The highest BCUT2D eigenvalue weighted by atomic mass is 16.5. The smallest absolute Gasteiger partial charge is 0.227 e. The number of amides is 2. The van der Waals surface area contributed by atoms with Gasteiger partial charge in [0.25, 0.3) is 0 Å². The van der Waals surface area contributed by atoms with E-state index in [2.05, 4.69) is 5.32 Å². The van der Waals surface area contributed by atoms with Crippen LogP contribution in [0.2, 0.25) is 0 Å². The van der Waals surface area contributed by atoms with Gasteiger partial charge in [0.1, 0.15) is 0 Å². The first-order valence-corrected chi connectivity index (χ1v) is 7.42. The van der Waals surface area contributed by atoms with Crippen LogP contribution in [0.5, 0.6) is 0 Å². The molecule has 0 atom stereocenters. The number of rotatable bonds is 5. The first kappa shape index (κ1) is 17.0. The van der Waals surface area contributed by atoms with E-state index in [4.69, 9.17) is 4.74 Å². The van der Waals surface area contributed by atoms with E-state index >= 15 is 0 Å². The van der Waals surface area contributed by atoms with Crippen molar-refractivity contribution in [3.63, 3.8) is 0 Å². The fourth-order valence-corrected chi connectivity index (χ4v) is 2.39. The Morgan fingerprint density at radius 2 is 1.85 bits per heavy atom. The van der Waals surface area contributed by atoms with Crippen molar-refractivity contribution in [3.8, 4) is 0 Å². The van der Waals surface area contributed by atoms with E-state index in [1.54, 1.807) is 7.11 Å². The van der Waals surface area contributed by atoms with Crippen molar-refractivity contribution in [2.75, 3.05) is 33.4 Å². The van der Waals surface area contributed by atoms with E-state index in [-0.39, 0.29) is 23.1 Å². The van der Waals surface area contributed by atoms with Gasteiger partial charge in [-0.15, -0.1) is 0 Å². The highest BCUT2D eigenvalue weighted by Crippen LogP contribution is 2.23. The molecule has 0 radical (unpaired) electrons. The van der Waals surface area contributed by atoms with Crippen LogP contribution in [-0.2, 0) is 14.3 Å². The third-order valence-electron chi connectivity index (χ3n) is 3.62. The molecule has 1 aliphatic heterocycles. The summed E-state index contributed by atoms with van der Waals surface area (Å²) in [6, 6.07) is 0. The number of likely N-dealkylation sites (tertiary alicyclic amines) is 1. The molecule has 1 saturated heterocycles. The molecule has 5 heteroatoms. The lowest BCUT2D eigenvalue weighted by Crippen LogP contribution is -2.46. The average Bonchev–Trinajstić information content (AvgIpc) is 2.41. The second kappa shape index (κ2) is 7.62. The first-order valence-electron chi connectivity index (χ1n) is 7.42. The Labute approximate surface area is 122 Å². The van der Waals surface area contributed by atoms with Crippen LogP contribution in [0.1, 0.15) is 40.0 Å². The number of carbonyl (C=O) groups excluding carboxylic acids is 2. The summed E-state index contributed by atoms with van der Waals surface area (Å²) in [7, 11) is 1.66. The Kier molecular flexibility index (Phi) is 6.46. The topological polar surface area (TPSA) is 58.6 Å². The Bertz CT molecular complexity index is 329. The van der Waals surface area contributed by atoms with Crippen LogP contribution in [-0.4, -0.2) is 50.1 Å². The number of nitrogens with one attached hydrogen (secondary N) is 1. The van der Waals surface area contributed by atoms with Crippen LogP contribution in [0.25, 0.3) is 0 Å². The molecule has 1 N–H and O–H groups in total. The van der Waals surface area contributed by atoms with E-state index in [9.17, 15) is 9.59 Å². The van der Waals surface area contributed by atoms with Crippen LogP contribution in [0.15, 0.2) is 0 Å². The van der Waals surface area contributed by atoms with Crippen molar-refractivity contribution in [2.45, 2.75) is 40.0 Å². The van der Waals surface area contributed by atoms with Crippen LogP contribution in [0.3, 0.4) is 0 Å². The summed E-state index contributed by atoms with van der Waals surface area (Å²) in [5, 5.41) is 2.94. The molecule has 1 aliphatic rings. The molecular weight excluding hydrogens is 256 g/mol. The Hall–Kier alpha value is -1.10. The molecule has 1 rings (SSSR count). The van der Waals surface area contributed by atoms with Gasteiger partial charge in [0.15, 0.2) is 0 Å². The molecule has 116 valence electrons. The minimum Gasteiger partial charge on any atom is -0.385 e. The van der Waals surface area contributed by atoms with E-state index in [1.165, 1.54) is 0 Å². The molecule has 0 unspecified atom stereocenters. The highest BCUT2D eigenvalue weighted by Gasteiger charge is 2.32. The zero-order valence-corrected chi connectivity index (χ0v) is 13.2. The molecule has 2 amide bonds. The van der Waals surface area contributed by atoms with Crippen molar-refractivity contribution in [1.82, 2.24) is 10.2 Å². The number of nitrogens with zero attached hydrogens (tertiary/aromatic N) is 1.